The number of aliphatic carboxylic acids is 1. The SMILES string of the molecule is COCCNC(=O)C(C)NC(=O)[C@@H]1CC=CC[C@@H]1C(=O)O. The third kappa shape index (κ3) is 5.18. The molecule has 7 heteroatoms. The molecule has 0 spiro atoms. The van der Waals surface area contributed by atoms with Gasteiger partial charge in [-0.15, -0.1) is 0 Å². The lowest BCUT2D eigenvalue weighted by atomic mass is 9.82. The van der Waals surface area contributed by atoms with Crippen LogP contribution >= 0.6 is 0 Å². The zero-order valence-electron chi connectivity index (χ0n) is 12.3. The summed E-state index contributed by atoms with van der Waals surface area (Å²) in [6.07, 6.45) is 4.28. The molecule has 0 aliphatic heterocycles. The smallest absolute Gasteiger partial charge is 0.307 e. The Balaban J connectivity index is 2.52. The van der Waals surface area contributed by atoms with Gasteiger partial charge in [0.25, 0.3) is 0 Å². The minimum Gasteiger partial charge on any atom is -0.481 e. The summed E-state index contributed by atoms with van der Waals surface area (Å²) in [5.41, 5.74) is 0. The molecule has 3 N–H and O–H groups in total. The maximum Gasteiger partial charge on any atom is 0.307 e. The minimum absolute atomic E-state index is 0.321. The molecule has 118 valence electrons. The molecule has 0 aromatic rings. The average Bonchev–Trinajstić information content (AvgIpc) is 2.47. The molecule has 0 saturated heterocycles. The van der Waals surface area contributed by atoms with Gasteiger partial charge in [-0.2, -0.15) is 0 Å². The van der Waals surface area contributed by atoms with Crippen LogP contribution in [0.3, 0.4) is 0 Å². The molecule has 0 bridgehead atoms. The maximum atomic E-state index is 12.1. The number of rotatable bonds is 7. The van der Waals surface area contributed by atoms with E-state index in [1.54, 1.807) is 19.1 Å². The van der Waals surface area contributed by atoms with Crippen LogP contribution < -0.4 is 10.6 Å². The van der Waals surface area contributed by atoms with Gasteiger partial charge in [0.05, 0.1) is 18.4 Å². The Morgan fingerprint density at radius 1 is 1.29 bits per heavy atom. The fourth-order valence-electron chi connectivity index (χ4n) is 2.19. The number of methoxy groups -OCH3 is 1. The van der Waals surface area contributed by atoms with E-state index < -0.39 is 29.8 Å². The van der Waals surface area contributed by atoms with E-state index in [0.717, 1.165) is 0 Å². The van der Waals surface area contributed by atoms with Crippen molar-refractivity contribution in [2.45, 2.75) is 25.8 Å². The first-order chi connectivity index (χ1) is 9.97. The van der Waals surface area contributed by atoms with E-state index in [2.05, 4.69) is 10.6 Å². The van der Waals surface area contributed by atoms with Crippen LogP contribution in [0.1, 0.15) is 19.8 Å². The number of carboxylic acid groups (broad SMARTS) is 1. The maximum absolute atomic E-state index is 12.1. The van der Waals surface area contributed by atoms with Crippen molar-refractivity contribution in [1.29, 1.82) is 0 Å². The molecule has 0 aromatic heterocycles. The molecular weight excluding hydrogens is 276 g/mol. The second-order valence-electron chi connectivity index (χ2n) is 5.01. The van der Waals surface area contributed by atoms with Crippen LogP contribution in [0, 0.1) is 11.8 Å². The first kappa shape index (κ1) is 17.2. The molecule has 0 heterocycles. The van der Waals surface area contributed by atoms with Gasteiger partial charge in [-0.1, -0.05) is 12.2 Å². The highest BCUT2D eigenvalue weighted by molar-refractivity contribution is 5.90. The highest BCUT2D eigenvalue weighted by Gasteiger charge is 2.34. The van der Waals surface area contributed by atoms with E-state index in [-0.39, 0.29) is 5.91 Å². The summed E-state index contributed by atoms with van der Waals surface area (Å²) < 4.78 is 4.81. The van der Waals surface area contributed by atoms with Crippen molar-refractivity contribution in [3.63, 3.8) is 0 Å². The van der Waals surface area contributed by atoms with Crippen LogP contribution in [0.25, 0.3) is 0 Å². The van der Waals surface area contributed by atoms with E-state index in [0.29, 0.717) is 26.0 Å². The Morgan fingerprint density at radius 3 is 2.48 bits per heavy atom. The van der Waals surface area contributed by atoms with Crippen molar-refractivity contribution >= 4 is 17.8 Å². The average molecular weight is 298 g/mol. The molecule has 7 nitrogen and oxygen atoms in total. The van der Waals surface area contributed by atoms with Crippen LogP contribution in [-0.4, -0.2) is 49.2 Å². The van der Waals surface area contributed by atoms with Crippen molar-refractivity contribution in [3.05, 3.63) is 12.2 Å². The van der Waals surface area contributed by atoms with Crippen LogP contribution in [0.2, 0.25) is 0 Å². The van der Waals surface area contributed by atoms with Gasteiger partial charge in [0.1, 0.15) is 6.04 Å². The summed E-state index contributed by atoms with van der Waals surface area (Å²) >= 11 is 0. The number of nitrogens with one attached hydrogen (secondary N) is 2. The van der Waals surface area contributed by atoms with Crippen molar-refractivity contribution in [2.24, 2.45) is 11.8 Å². The molecule has 2 amide bonds. The second kappa shape index (κ2) is 8.41. The molecular formula is C14H22N2O5. The fraction of sp³-hybridized carbons (Fsp3) is 0.643. The molecule has 1 aliphatic rings. The van der Waals surface area contributed by atoms with E-state index >= 15 is 0 Å². The molecule has 1 aliphatic carbocycles. The lowest BCUT2D eigenvalue weighted by Gasteiger charge is -2.25. The lowest BCUT2D eigenvalue weighted by molar-refractivity contribution is -0.147. The molecule has 0 aromatic carbocycles. The summed E-state index contributed by atoms with van der Waals surface area (Å²) in [5.74, 6) is -3.09. The third-order valence-electron chi connectivity index (χ3n) is 3.44. The standard InChI is InChI=1S/C14H22N2O5/c1-9(12(17)15-7-8-21-2)16-13(18)10-5-3-4-6-11(10)14(19)20/h3-4,9-11H,5-8H2,1-2H3,(H,15,17)(H,16,18)(H,19,20)/t9?,10-,11+/m1/s1. The third-order valence-corrected chi connectivity index (χ3v) is 3.44. The van der Waals surface area contributed by atoms with Gasteiger partial charge in [0.2, 0.25) is 11.8 Å². The zero-order chi connectivity index (χ0) is 15.8. The van der Waals surface area contributed by atoms with E-state index in [4.69, 9.17) is 9.84 Å². The van der Waals surface area contributed by atoms with Crippen LogP contribution in [0.15, 0.2) is 12.2 Å². The highest BCUT2D eigenvalue weighted by Crippen LogP contribution is 2.26. The van der Waals surface area contributed by atoms with Crippen molar-refractivity contribution in [3.8, 4) is 0 Å². The summed E-state index contributed by atoms with van der Waals surface area (Å²) in [6, 6.07) is -0.713. The minimum atomic E-state index is -0.989. The van der Waals surface area contributed by atoms with Crippen LogP contribution in [0.4, 0.5) is 0 Å². The van der Waals surface area contributed by atoms with Gasteiger partial charge in [-0.25, -0.2) is 0 Å². The molecule has 1 unspecified atom stereocenters. The Morgan fingerprint density at radius 2 is 1.90 bits per heavy atom. The lowest BCUT2D eigenvalue weighted by Crippen LogP contribution is -2.49. The number of hydrogen-bond acceptors (Lipinski definition) is 4. The number of carbonyl (C=O) groups excluding carboxylic acids is 2. The van der Waals surface area contributed by atoms with Crippen molar-refractivity contribution in [1.82, 2.24) is 10.6 Å². The van der Waals surface area contributed by atoms with E-state index in [1.807, 2.05) is 0 Å². The normalized spacial score (nSPS) is 22.4. The monoisotopic (exact) mass is 298 g/mol. The molecule has 0 radical (unpaired) electrons. The van der Waals surface area contributed by atoms with Crippen LogP contribution in [0.5, 0.6) is 0 Å². The predicted octanol–water partition coefficient (Wildman–Crippen LogP) is -0.0793. The first-order valence-corrected chi connectivity index (χ1v) is 6.92. The summed E-state index contributed by atoms with van der Waals surface area (Å²) in [6.45, 7) is 2.31. The van der Waals surface area contributed by atoms with E-state index in [9.17, 15) is 14.4 Å². The summed E-state index contributed by atoms with van der Waals surface area (Å²) in [7, 11) is 1.53. The van der Waals surface area contributed by atoms with Crippen LogP contribution in [-0.2, 0) is 19.1 Å². The Kier molecular flexibility index (Phi) is 6.87. The van der Waals surface area contributed by atoms with Gasteiger partial charge < -0.3 is 20.5 Å². The number of allylic oxidation sites excluding steroid dienone is 2. The number of carbonyl (C=O) groups is 3. The highest BCUT2D eigenvalue weighted by atomic mass is 16.5. The quantitative estimate of drug-likeness (QED) is 0.450. The number of ether oxygens (including phenoxy) is 1. The van der Waals surface area contributed by atoms with Crippen molar-refractivity contribution in [2.75, 3.05) is 20.3 Å². The van der Waals surface area contributed by atoms with Crippen molar-refractivity contribution < 1.29 is 24.2 Å². The number of hydrogen-bond donors (Lipinski definition) is 3. The van der Waals surface area contributed by atoms with Gasteiger partial charge in [-0.05, 0) is 19.8 Å². The molecule has 1 rings (SSSR count). The molecule has 21 heavy (non-hydrogen) atoms. The van der Waals surface area contributed by atoms with Gasteiger partial charge >= 0.3 is 5.97 Å². The van der Waals surface area contributed by atoms with Gasteiger partial charge in [-0.3, -0.25) is 14.4 Å². The molecule has 0 fully saturated rings. The van der Waals surface area contributed by atoms with Gasteiger partial charge in [0, 0.05) is 13.7 Å². The molecule has 0 saturated carbocycles. The summed E-state index contributed by atoms with van der Waals surface area (Å²) in [5, 5.41) is 14.3. The Hall–Kier alpha value is -1.89. The number of amides is 2. The Bertz CT molecular complexity index is 422. The predicted molar refractivity (Wildman–Crippen MR) is 75.5 cm³/mol. The van der Waals surface area contributed by atoms with E-state index in [1.165, 1.54) is 7.11 Å². The Labute approximate surface area is 123 Å². The zero-order valence-corrected chi connectivity index (χ0v) is 12.3. The largest absolute Gasteiger partial charge is 0.481 e. The topological polar surface area (TPSA) is 105 Å². The fourth-order valence-corrected chi connectivity index (χ4v) is 2.19. The second-order valence-corrected chi connectivity index (χ2v) is 5.01. The molecule has 3 atom stereocenters. The first-order valence-electron chi connectivity index (χ1n) is 6.92. The van der Waals surface area contributed by atoms with Gasteiger partial charge in [0.15, 0.2) is 0 Å². The number of carboxylic acids is 1. The summed E-state index contributed by atoms with van der Waals surface area (Å²) in [4.78, 5) is 35.0.